The number of amides is 1. The minimum atomic E-state index is -0.900. The van der Waals surface area contributed by atoms with Gasteiger partial charge in [-0.15, -0.1) is 0 Å². The van der Waals surface area contributed by atoms with E-state index in [2.05, 4.69) is 4.98 Å². The molecule has 1 aliphatic rings. The Bertz CT molecular complexity index is 1240. The van der Waals surface area contributed by atoms with Crippen molar-refractivity contribution < 1.29 is 23.8 Å². The van der Waals surface area contributed by atoms with Crippen molar-refractivity contribution in [2.45, 2.75) is 25.8 Å². The van der Waals surface area contributed by atoms with Gasteiger partial charge in [0.05, 0.1) is 18.7 Å². The monoisotopic (exact) mass is 446 g/mol. The molecular formula is C26H23FN2O4. The van der Waals surface area contributed by atoms with Crippen LogP contribution in [0, 0.1) is 5.82 Å². The molecule has 0 saturated carbocycles. The largest absolute Gasteiger partial charge is 0.507 e. The number of carbonyl (C=O) groups excluding carboxylic acids is 2. The van der Waals surface area contributed by atoms with Gasteiger partial charge >= 0.3 is 0 Å². The van der Waals surface area contributed by atoms with E-state index in [1.165, 1.54) is 29.2 Å². The highest BCUT2D eigenvalue weighted by Crippen LogP contribution is 2.42. The molecule has 1 fully saturated rings. The number of pyridine rings is 1. The van der Waals surface area contributed by atoms with Gasteiger partial charge in [0.15, 0.2) is 0 Å². The molecule has 168 valence electrons. The first-order chi connectivity index (χ1) is 15.8. The van der Waals surface area contributed by atoms with Crippen LogP contribution in [0.4, 0.5) is 10.1 Å². The molecule has 0 spiro atoms. The van der Waals surface area contributed by atoms with E-state index < -0.39 is 23.5 Å². The number of methoxy groups -OCH3 is 1. The van der Waals surface area contributed by atoms with Crippen LogP contribution in [-0.4, -0.2) is 28.9 Å². The summed E-state index contributed by atoms with van der Waals surface area (Å²) in [5.41, 5.74) is 2.14. The van der Waals surface area contributed by atoms with Crippen molar-refractivity contribution in [3.8, 4) is 5.75 Å². The Hall–Kier alpha value is -4.00. The lowest BCUT2D eigenvalue weighted by atomic mass is 9.93. The summed E-state index contributed by atoms with van der Waals surface area (Å²) in [6.07, 6.45) is 3.09. The third kappa shape index (κ3) is 3.98. The fraction of sp³-hybridized carbons (Fsp3) is 0.192. The van der Waals surface area contributed by atoms with Crippen molar-refractivity contribution >= 4 is 23.1 Å². The fourth-order valence-corrected chi connectivity index (χ4v) is 4.05. The first-order valence-corrected chi connectivity index (χ1v) is 10.5. The highest BCUT2D eigenvalue weighted by atomic mass is 19.1. The zero-order chi connectivity index (χ0) is 23.7. The summed E-state index contributed by atoms with van der Waals surface area (Å²) in [5.74, 6) is -1.60. The summed E-state index contributed by atoms with van der Waals surface area (Å²) in [5, 5.41) is 11.3. The first-order valence-electron chi connectivity index (χ1n) is 10.5. The van der Waals surface area contributed by atoms with Gasteiger partial charge in [0.1, 0.15) is 17.3 Å². The van der Waals surface area contributed by atoms with E-state index in [4.69, 9.17) is 4.74 Å². The molecular weight excluding hydrogens is 423 g/mol. The lowest BCUT2D eigenvalue weighted by Gasteiger charge is -2.25. The molecule has 0 bridgehead atoms. The van der Waals surface area contributed by atoms with E-state index in [1.807, 2.05) is 13.8 Å². The molecule has 2 aromatic carbocycles. The number of anilines is 1. The van der Waals surface area contributed by atoms with Crippen LogP contribution in [0.25, 0.3) is 5.76 Å². The second-order valence-corrected chi connectivity index (χ2v) is 8.04. The summed E-state index contributed by atoms with van der Waals surface area (Å²) >= 11 is 0. The molecule has 1 amide bonds. The number of aliphatic hydroxyl groups excluding tert-OH is 1. The van der Waals surface area contributed by atoms with Crippen LogP contribution < -0.4 is 9.64 Å². The van der Waals surface area contributed by atoms with Crippen LogP contribution in [0.1, 0.15) is 42.5 Å². The van der Waals surface area contributed by atoms with Crippen molar-refractivity contribution in [3.63, 3.8) is 0 Å². The Kier molecular flexibility index (Phi) is 5.96. The molecule has 3 aromatic rings. The minimum absolute atomic E-state index is 0.0459. The average molecular weight is 446 g/mol. The average Bonchev–Trinajstić information content (AvgIpc) is 3.09. The predicted molar refractivity (Wildman–Crippen MR) is 123 cm³/mol. The Morgan fingerprint density at radius 3 is 2.33 bits per heavy atom. The molecule has 4 rings (SSSR count). The highest BCUT2D eigenvalue weighted by molar-refractivity contribution is 6.51. The number of aliphatic hydroxyl groups is 1. The van der Waals surface area contributed by atoms with Gasteiger partial charge < -0.3 is 9.84 Å². The van der Waals surface area contributed by atoms with Gasteiger partial charge in [0.2, 0.25) is 0 Å². The van der Waals surface area contributed by atoms with Gasteiger partial charge in [-0.05, 0) is 71.6 Å². The molecule has 2 heterocycles. The normalized spacial score (nSPS) is 17.6. The van der Waals surface area contributed by atoms with Crippen LogP contribution in [0.15, 0.2) is 72.6 Å². The number of carbonyl (C=O) groups is 2. The molecule has 7 heteroatoms. The number of hydrogen-bond donors (Lipinski definition) is 1. The van der Waals surface area contributed by atoms with E-state index >= 15 is 0 Å². The Balaban J connectivity index is 1.93. The van der Waals surface area contributed by atoms with Gasteiger partial charge in [0.25, 0.3) is 11.7 Å². The van der Waals surface area contributed by atoms with Gasteiger partial charge in [-0.2, -0.15) is 0 Å². The van der Waals surface area contributed by atoms with Crippen LogP contribution in [0.2, 0.25) is 0 Å². The second kappa shape index (κ2) is 8.86. The third-order valence-electron chi connectivity index (χ3n) is 5.70. The summed E-state index contributed by atoms with van der Waals surface area (Å²) in [6.45, 7) is 3.98. The first kappa shape index (κ1) is 22.2. The molecule has 1 unspecified atom stereocenters. The number of benzene rings is 2. The van der Waals surface area contributed by atoms with Crippen LogP contribution in [0.3, 0.4) is 0 Å². The minimum Gasteiger partial charge on any atom is -0.507 e. The van der Waals surface area contributed by atoms with Gasteiger partial charge in [-0.25, -0.2) is 4.39 Å². The summed E-state index contributed by atoms with van der Waals surface area (Å²) in [6, 6.07) is 12.9. The topological polar surface area (TPSA) is 79.7 Å². The molecule has 1 aromatic heterocycles. The molecule has 1 N–H and O–H groups in total. The van der Waals surface area contributed by atoms with Crippen molar-refractivity contribution in [2.24, 2.45) is 0 Å². The van der Waals surface area contributed by atoms with E-state index in [0.29, 0.717) is 22.6 Å². The summed E-state index contributed by atoms with van der Waals surface area (Å²) < 4.78 is 18.9. The standard InChI is InChI=1S/C26H23FN2O4/c1-15(2)20-14-17(4-9-21(20)33-3)24(30)22-23(16-10-12-28-13-11-16)29(26(32)25(22)31)19-7-5-18(27)6-8-19/h4-15,23,30H,1-3H3/b24-22-. The molecule has 6 nitrogen and oxygen atoms in total. The molecule has 1 saturated heterocycles. The van der Waals surface area contributed by atoms with Gasteiger partial charge in [0, 0.05) is 23.6 Å². The number of Topliss-reactive ketones (excluding diaryl/α,β-unsaturated/α-hetero) is 1. The summed E-state index contributed by atoms with van der Waals surface area (Å²) in [7, 11) is 1.57. The molecule has 1 atom stereocenters. The molecule has 0 aliphatic carbocycles. The number of aromatic nitrogens is 1. The number of hydrogen-bond acceptors (Lipinski definition) is 5. The number of halogens is 1. The molecule has 0 radical (unpaired) electrons. The summed E-state index contributed by atoms with van der Waals surface area (Å²) in [4.78, 5) is 31.6. The lowest BCUT2D eigenvalue weighted by molar-refractivity contribution is -0.132. The van der Waals surface area contributed by atoms with E-state index in [9.17, 15) is 19.1 Å². The van der Waals surface area contributed by atoms with Crippen LogP contribution in [-0.2, 0) is 9.59 Å². The van der Waals surface area contributed by atoms with Crippen molar-refractivity contribution in [1.29, 1.82) is 0 Å². The SMILES string of the molecule is COc1ccc(/C(O)=C2/C(=O)C(=O)N(c3ccc(F)cc3)C2c2ccncc2)cc1C(C)C. The maximum absolute atomic E-state index is 13.5. The van der Waals surface area contributed by atoms with Crippen molar-refractivity contribution in [1.82, 2.24) is 4.98 Å². The Morgan fingerprint density at radius 1 is 1.06 bits per heavy atom. The number of nitrogens with zero attached hydrogens (tertiary/aromatic N) is 2. The number of rotatable bonds is 5. The highest BCUT2D eigenvalue weighted by Gasteiger charge is 2.47. The van der Waals surface area contributed by atoms with E-state index in [1.54, 1.807) is 49.8 Å². The zero-order valence-electron chi connectivity index (χ0n) is 18.4. The van der Waals surface area contributed by atoms with E-state index in [0.717, 1.165) is 5.56 Å². The Labute approximate surface area is 191 Å². The molecule has 1 aliphatic heterocycles. The van der Waals surface area contributed by atoms with Gasteiger partial charge in [-0.1, -0.05) is 13.8 Å². The lowest BCUT2D eigenvalue weighted by Crippen LogP contribution is -2.29. The van der Waals surface area contributed by atoms with Gasteiger partial charge in [-0.3, -0.25) is 19.5 Å². The van der Waals surface area contributed by atoms with Crippen molar-refractivity contribution in [3.05, 3.63) is 95.1 Å². The quantitative estimate of drug-likeness (QED) is 0.340. The van der Waals surface area contributed by atoms with Crippen molar-refractivity contribution in [2.75, 3.05) is 12.0 Å². The Morgan fingerprint density at radius 2 is 1.73 bits per heavy atom. The zero-order valence-corrected chi connectivity index (χ0v) is 18.4. The van der Waals surface area contributed by atoms with E-state index in [-0.39, 0.29) is 17.3 Å². The maximum Gasteiger partial charge on any atom is 0.300 e. The predicted octanol–water partition coefficient (Wildman–Crippen LogP) is 4.98. The van der Waals surface area contributed by atoms with Crippen LogP contribution in [0.5, 0.6) is 5.75 Å². The number of ether oxygens (including phenoxy) is 1. The second-order valence-electron chi connectivity index (χ2n) is 8.04. The third-order valence-corrected chi connectivity index (χ3v) is 5.70. The maximum atomic E-state index is 13.5. The smallest absolute Gasteiger partial charge is 0.300 e. The number of ketones is 1. The fourth-order valence-electron chi connectivity index (χ4n) is 4.05. The molecule has 33 heavy (non-hydrogen) atoms. The van der Waals surface area contributed by atoms with Crippen LogP contribution >= 0.6 is 0 Å².